The van der Waals surface area contributed by atoms with Gasteiger partial charge < -0.3 is 19.9 Å². The summed E-state index contributed by atoms with van der Waals surface area (Å²) in [4.78, 5) is 16.4. The van der Waals surface area contributed by atoms with Crippen LogP contribution in [0, 0.1) is 0 Å². The third-order valence-corrected chi connectivity index (χ3v) is 4.78. The number of carbonyl (C=O) groups excluding carboxylic acids is 1. The van der Waals surface area contributed by atoms with E-state index in [-0.39, 0.29) is 11.3 Å². The van der Waals surface area contributed by atoms with E-state index in [1.54, 1.807) is 18.2 Å². The van der Waals surface area contributed by atoms with Gasteiger partial charge in [-0.3, -0.25) is 4.79 Å². The van der Waals surface area contributed by atoms with Crippen molar-refractivity contribution in [3.63, 3.8) is 0 Å². The lowest BCUT2D eigenvalue weighted by Crippen LogP contribution is -2.44. The lowest BCUT2D eigenvalue weighted by Gasteiger charge is -2.34. The Bertz CT molecular complexity index is 830. The van der Waals surface area contributed by atoms with Crippen LogP contribution in [0.5, 0.6) is 5.75 Å². The van der Waals surface area contributed by atoms with Crippen molar-refractivity contribution in [1.82, 2.24) is 4.90 Å². The second kappa shape index (κ2) is 8.10. The number of anilines is 2. The third-order valence-electron chi connectivity index (χ3n) is 4.78. The highest BCUT2D eigenvalue weighted by Crippen LogP contribution is 2.37. The topological polar surface area (TPSA) is 44.8 Å². The van der Waals surface area contributed by atoms with Crippen molar-refractivity contribution < 1.29 is 22.7 Å². The number of likely N-dealkylation sites (N-methyl/N-ethyl adjacent to an activating group) is 1. The zero-order chi connectivity index (χ0) is 20.3. The Morgan fingerprint density at radius 3 is 2.25 bits per heavy atom. The molecule has 0 radical (unpaired) electrons. The fourth-order valence-corrected chi connectivity index (χ4v) is 3.07. The van der Waals surface area contributed by atoms with Gasteiger partial charge in [0.25, 0.3) is 5.91 Å². The Hall–Kier alpha value is -2.74. The van der Waals surface area contributed by atoms with Crippen LogP contribution in [-0.2, 0) is 6.18 Å². The van der Waals surface area contributed by atoms with Crippen LogP contribution < -0.4 is 15.0 Å². The normalized spacial score (nSPS) is 15.4. The third kappa shape index (κ3) is 4.56. The quantitative estimate of drug-likeness (QED) is 0.860. The summed E-state index contributed by atoms with van der Waals surface area (Å²) in [5.74, 6) is -0.0513. The van der Waals surface area contributed by atoms with Crippen molar-refractivity contribution in [1.29, 1.82) is 0 Å². The molecule has 0 aliphatic carbocycles. The number of alkyl halides is 3. The Kier molecular flexibility index (Phi) is 5.79. The number of hydrogen-bond donors (Lipinski definition) is 1. The molecule has 1 aliphatic heterocycles. The van der Waals surface area contributed by atoms with Gasteiger partial charge in [0.15, 0.2) is 0 Å². The number of methoxy groups -OCH3 is 1. The Morgan fingerprint density at radius 2 is 1.68 bits per heavy atom. The average Bonchev–Trinajstić information content (AvgIpc) is 2.68. The van der Waals surface area contributed by atoms with Gasteiger partial charge in [0.1, 0.15) is 5.75 Å². The predicted molar refractivity (Wildman–Crippen MR) is 102 cm³/mol. The molecule has 1 aliphatic rings. The molecule has 0 unspecified atom stereocenters. The number of hydrogen-bond acceptors (Lipinski definition) is 4. The van der Waals surface area contributed by atoms with Crippen molar-refractivity contribution >= 4 is 17.3 Å². The molecule has 0 atom stereocenters. The number of benzene rings is 2. The van der Waals surface area contributed by atoms with E-state index >= 15 is 0 Å². The summed E-state index contributed by atoms with van der Waals surface area (Å²) in [5.41, 5.74) is -0.364. The first kappa shape index (κ1) is 20.0. The van der Waals surface area contributed by atoms with Gasteiger partial charge in [-0.1, -0.05) is 0 Å². The maximum absolute atomic E-state index is 13.6. The molecule has 0 spiro atoms. The lowest BCUT2D eigenvalue weighted by molar-refractivity contribution is -0.136. The number of amides is 1. The minimum absolute atomic E-state index is 0.247. The number of nitrogens with one attached hydrogen (secondary N) is 1. The highest BCUT2D eigenvalue weighted by atomic mass is 19.4. The molecule has 3 rings (SSSR count). The van der Waals surface area contributed by atoms with Gasteiger partial charge in [-0.05, 0) is 49.5 Å². The average molecular weight is 393 g/mol. The van der Waals surface area contributed by atoms with E-state index in [0.717, 1.165) is 19.2 Å². The van der Waals surface area contributed by atoms with Gasteiger partial charge in [-0.2, -0.15) is 13.2 Å². The molecule has 1 saturated heterocycles. The van der Waals surface area contributed by atoms with E-state index in [1.807, 2.05) is 11.9 Å². The van der Waals surface area contributed by atoms with Gasteiger partial charge in [0.05, 0.1) is 18.4 Å². The van der Waals surface area contributed by atoms with Crippen LogP contribution in [0.15, 0.2) is 42.5 Å². The highest BCUT2D eigenvalue weighted by Gasteiger charge is 2.35. The number of ether oxygens (including phenoxy) is 1. The van der Waals surface area contributed by atoms with Crippen molar-refractivity contribution in [2.45, 2.75) is 6.18 Å². The van der Waals surface area contributed by atoms with Crippen molar-refractivity contribution in [2.24, 2.45) is 0 Å². The van der Waals surface area contributed by atoms with Crippen molar-refractivity contribution in [3.8, 4) is 5.75 Å². The molecular weight excluding hydrogens is 371 g/mol. The van der Waals surface area contributed by atoms with Crippen molar-refractivity contribution in [2.75, 3.05) is 50.6 Å². The molecule has 8 heteroatoms. The molecule has 1 heterocycles. The minimum atomic E-state index is -4.58. The molecule has 1 amide bonds. The summed E-state index contributed by atoms with van der Waals surface area (Å²) in [6, 6.07) is 10.2. The van der Waals surface area contributed by atoms with E-state index in [4.69, 9.17) is 4.74 Å². The minimum Gasteiger partial charge on any atom is -0.497 e. The standard InChI is InChI=1S/C20H22F3N3O2/c1-25-9-11-26(12-10-25)15-5-8-18(17(13-15)20(21,22)23)24-19(27)14-3-6-16(28-2)7-4-14/h3-8,13H,9-12H2,1-2H3,(H,24,27). The summed E-state index contributed by atoms with van der Waals surface area (Å²) >= 11 is 0. The first-order valence-electron chi connectivity index (χ1n) is 8.88. The van der Waals surface area contributed by atoms with Gasteiger partial charge >= 0.3 is 6.18 Å². The molecule has 5 nitrogen and oxygen atoms in total. The maximum atomic E-state index is 13.6. The smallest absolute Gasteiger partial charge is 0.418 e. The molecule has 0 aromatic heterocycles. The first-order valence-corrected chi connectivity index (χ1v) is 8.88. The molecule has 0 bridgehead atoms. The number of rotatable bonds is 4. The van der Waals surface area contributed by atoms with Crippen LogP contribution in [0.25, 0.3) is 0 Å². The molecule has 1 fully saturated rings. The van der Waals surface area contributed by atoms with Gasteiger partial charge in [-0.25, -0.2) is 0 Å². The van der Waals surface area contributed by atoms with Crippen LogP contribution in [0.1, 0.15) is 15.9 Å². The van der Waals surface area contributed by atoms with Crippen molar-refractivity contribution in [3.05, 3.63) is 53.6 Å². The Balaban J connectivity index is 1.84. The maximum Gasteiger partial charge on any atom is 0.418 e. The summed E-state index contributed by atoms with van der Waals surface area (Å²) in [6.45, 7) is 2.89. The molecule has 1 N–H and O–H groups in total. The number of piperazine rings is 1. The summed E-state index contributed by atoms with van der Waals surface area (Å²) in [6.07, 6.45) is -4.58. The van der Waals surface area contributed by atoms with Crippen LogP contribution in [0.2, 0.25) is 0 Å². The largest absolute Gasteiger partial charge is 0.497 e. The van der Waals surface area contributed by atoms with Crippen LogP contribution in [0.3, 0.4) is 0 Å². The highest BCUT2D eigenvalue weighted by molar-refractivity contribution is 6.04. The second-order valence-corrected chi connectivity index (χ2v) is 6.70. The monoisotopic (exact) mass is 393 g/mol. The van der Waals surface area contributed by atoms with Gasteiger partial charge in [0.2, 0.25) is 0 Å². The summed E-state index contributed by atoms with van der Waals surface area (Å²) in [5, 5.41) is 2.38. The zero-order valence-electron chi connectivity index (χ0n) is 15.7. The zero-order valence-corrected chi connectivity index (χ0v) is 15.7. The van der Waals surface area contributed by atoms with E-state index in [9.17, 15) is 18.0 Å². The Labute approximate surface area is 161 Å². The van der Waals surface area contributed by atoms with Crippen LogP contribution in [0.4, 0.5) is 24.5 Å². The molecule has 150 valence electrons. The molecule has 28 heavy (non-hydrogen) atoms. The number of nitrogens with zero attached hydrogens (tertiary/aromatic N) is 2. The second-order valence-electron chi connectivity index (χ2n) is 6.70. The Morgan fingerprint density at radius 1 is 1.04 bits per heavy atom. The lowest BCUT2D eigenvalue weighted by atomic mass is 10.1. The summed E-state index contributed by atoms with van der Waals surface area (Å²) in [7, 11) is 3.48. The van der Waals surface area contributed by atoms with Gasteiger partial charge in [-0.15, -0.1) is 0 Å². The summed E-state index contributed by atoms with van der Waals surface area (Å²) < 4.78 is 45.9. The molecule has 2 aromatic carbocycles. The fourth-order valence-electron chi connectivity index (χ4n) is 3.07. The molecule has 2 aromatic rings. The van der Waals surface area contributed by atoms with E-state index in [1.165, 1.54) is 25.3 Å². The van der Waals surface area contributed by atoms with E-state index < -0.39 is 17.6 Å². The SMILES string of the molecule is COc1ccc(C(=O)Nc2ccc(N3CCN(C)CC3)cc2C(F)(F)F)cc1. The van der Waals surface area contributed by atoms with Crippen LogP contribution >= 0.6 is 0 Å². The van der Waals surface area contributed by atoms with E-state index in [2.05, 4.69) is 10.2 Å². The number of halogens is 3. The predicted octanol–water partition coefficient (Wildman–Crippen LogP) is 3.72. The number of carbonyl (C=O) groups is 1. The fraction of sp³-hybridized carbons (Fsp3) is 0.350. The first-order chi connectivity index (χ1) is 13.3. The van der Waals surface area contributed by atoms with Gasteiger partial charge in [0, 0.05) is 37.4 Å². The van der Waals surface area contributed by atoms with E-state index in [0.29, 0.717) is 24.5 Å². The molecular formula is C20H22F3N3O2. The van der Waals surface area contributed by atoms with Crippen LogP contribution in [-0.4, -0.2) is 51.1 Å². The molecule has 0 saturated carbocycles.